The highest BCUT2D eigenvalue weighted by atomic mass is 16.6. The van der Waals surface area contributed by atoms with Crippen molar-refractivity contribution < 1.29 is 14.4 Å². The largest absolute Gasteiger partial charge is 0.487 e. The summed E-state index contributed by atoms with van der Waals surface area (Å²) in [4.78, 5) is 10.6. The van der Waals surface area contributed by atoms with E-state index in [-0.39, 0.29) is 17.8 Å². The summed E-state index contributed by atoms with van der Waals surface area (Å²) in [7, 11) is 0. The van der Waals surface area contributed by atoms with Gasteiger partial charge in [0.25, 0.3) is 0 Å². The van der Waals surface area contributed by atoms with Crippen molar-refractivity contribution in [2.24, 2.45) is 0 Å². The predicted octanol–water partition coefficient (Wildman–Crippen LogP) is 2.97. The molecular weight excluding hydrogens is 260 g/mol. The van der Waals surface area contributed by atoms with E-state index in [4.69, 9.17) is 9.47 Å². The van der Waals surface area contributed by atoms with E-state index in [1.165, 1.54) is 6.07 Å². The third-order valence-corrected chi connectivity index (χ3v) is 3.35. The standard InChI is InChI=1S/C14H20N2O4/c1-3-7-20-14-9-11(4-5-13(14)16(17)18)15-12-6-8-19-10(12)2/h4-5,9-10,12,15H,3,6-8H2,1-2H3. The average molecular weight is 280 g/mol. The minimum absolute atomic E-state index is 0.000259. The van der Waals surface area contributed by atoms with Crippen LogP contribution in [0.25, 0.3) is 0 Å². The second-order valence-electron chi connectivity index (χ2n) is 4.90. The Labute approximate surface area is 118 Å². The molecular formula is C14H20N2O4. The van der Waals surface area contributed by atoms with Crippen LogP contribution >= 0.6 is 0 Å². The minimum atomic E-state index is -0.421. The van der Waals surface area contributed by atoms with Crippen molar-refractivity contribution in [3.63, 3.8) is 0 Å². The molecule has 1 heterocycles. The fourth-order valence-electron chi connectivity index (χ4n) is 2.22. The van der Waals surface area contributed by atoms with Crippen LogP contribution in [0.15, 0.2) is 18.2 Å². The molecule has 1 N–H and O–H groups in total. The fourth-order valence-corrected chi connectivity index (χ4v) is 2.22. The van der Waals surface area contributed by atoms with Crippen molar-refractivity contribution in [3.8, 4) is 5.75 Å². The number of ether oxygens (including phenoxy) is 2. The lowest BCUT2D eigenvalue weighted by molar-refractivity contribution is -0.385. The van der Waals surface area contributed by atoms with E-state index in [2.05, 4.69) is 5.32 Å². The Morgan fingerprint density at radius 1 is 1.55 bits per heavy atom. The molecule has 0 amide bonds. The van der Waals surface area contributed by atoms with Crippen LogP contribution in [-0.4, -0.2) is 30.3 Å². The third-order valence-electron chi connectivity index (χ3n) is 3.35. The van der Waals surface area contributed by atoms with Crippen molar-refractivity contribution in [1.82, 2.24) is 0 Å². The molecule has 0 aromatic heterocycles. The first kappa shape index (κ1) is 14.6. The van der Waals surface area contributed by atoms with Crippen LogP contribution in [0.1, 0.15) is 26.7 Å². The Morgan fingerprint density at radius 3 is 2.95 bits per heavy atom. The van der Waals surface area contributed by atoms with Gasteiger partial charge < -0.3 is 14.8 Å². The van der Waals surface area contributed by atoms with Gasteiger partial charge in [0, 0.05) is 24.4 Å². The lowest BCUT2D eigenvalue weighted by Gasteiger charge is -2.18. The number of nitrogens with one attached hydrogen (secondary N) is 1. The van der Waals surface area contributed by atoms with Crippen LogP contribution in [0.2, 0.25) is 0 Å². The third kappa shape index (κ3) is 3.39. The molecule has 1 aliphatic heterocycles. The number of nitro benzene ring substituents is 1. The average Bonchev–Trinajstić information content (AvgIpc) is 2.82. The molecule has 6 nitrogen and oxygen atoms in total. The van der Waals surface area contributed by atoms with E-state index < -0.39 is 4.92 Å². The van der Waals surface area contributed by atoms with Gasteiger partial charge in [-0.3, -0.25) is 10.1 Å². The molecule has 0 aliphatic carbocycles. The molecule has 0 radical (unpaired) electrons. The van der Waals surface area contributed by atoms with Crippen molar-refractivity contribution >= 4 is 11.4 Å². The zero-order valence-corrected chi connectivity index (χ0v) is 11.8. The Balaban J connectivity index is 2.15. The Kier molecular flexibility index (Phi) is 4.79. The van der Waals surface area contributed by atoms with E-state index in [0.717, 1.165) is 25.1 Å². The lowest BCUT2D eigenvalue weighted by Crippen LogP contribution is -2.26. The van der Waals surface area contributed by atoms with Crippen LogP contribution in [0.4, 0.5) is 11.4 Å². The number of hydrogen-bond acceptors (Lipinski definition) is 5. The molecule has 1 aliphatic rings. The molecule has 110 valence electrons. The number of nitrogens with zero attached hydrogens (tertiary/aromatic N) is 1. The highest BCUT2D eigenvalue weighted by Crippen LogP contribution is 2.31. The number of rotatable bonds is 6. The zero-order valence-electron chi connectivity index (χ0n) is 11.8. The van der Waals surface area contributed by atoms with Gasteiger partial charge in [0.1, 0.15) is 0 Å². The summed E-state index contributed by atoms with van der Waals surface area (Å²) >= 11 is 0. The highest BCUT2D eigenvalue weighted by Gasteiger charge is 2.24. The Bertz CT molecular complexity index is 478. The van der Waals surface area contributed by atoms with Crippen molar-refractivity contribution in [1.29, 1.82) is 0 Å². The topological polar surface area (TPSA) is 73.6 Å². The van der Waals surface area contributed by atoms with Gasteiger partial charge in [0.2, 0.25) is 0 Å². The molecule has 2 rings (SSSR count). The van der Waals surface area contributed by atoms with Crippen molar-refractivity contribution in [2.75, 3.05) is 18.5 Å². The molecule has 1 aromatic rings. The SMILES string of the molecule is CCCOc1cc(NC2CCOC2C)ccc1[N+](=O)[O-]. The summed E-state index contributed by atoms with van der Waals surface area (Å²) in [5.74, 6) is 0.313. The number of benzene rings is 1. The maximum atomic E-state index is 11.0. The smallest absolute Gasteiger partial charge is 0.311 e. The Hall–Kier alpha value is -1.82. The first-order valence-electron chi connectivity index (χ1n) is 6.91. The fraction of sp³-hybridized carbons (Fsp3) is 0.571. The lowest BCUT2D eigenvalue weighted by atomic mass is 10.1. The van der Waals surface area contributed by atoms with Gasteiger partial charge in [-0.15, -0.1) is 0 Å². The number of anilines is 1. The molecule has 0 spiro atoms. The number of hydrogen-bond donors (Lipinski definition) is 1. The van der Waals surface area contributed by atoms with E-state index in [1.807, 2.05) is 13.8 Å². The van der Waals surface area contributed by atoms with Crippen LogP contribution in [-0.2, 0) is 4.74 Å². The van der Waals surface area contributed by atoms with Gasteiger partial charge in [-0.05, 0) is 25.8 Å². The molecule has 20 heavy (non-hydrogen) atoms. The summed E-state index contributed by atoms with van der Waals surface area (Å²) < 4.78 is 11.0. The molecule has 6 heteroatoms. The van der Waals surface area contributed by atoms with Crippen molar-refractivity contribution in [3.05, 3.63) is 28.3 Å². The van der Waals surface area contributed by atoms with Gasteiger partial charge in [0.15, 0.2) is 5.75 Å². The Morgan fingerprint density at radius 2 is 2.35 bits per heavy atom. The molecule has 1 saturated heterocycles. The maximum Gasteiger partial charge on any atom is 0.311 e. The predicted molar refractivity (Wildman–Crippen MR) is 76.3 cm³/mol. The van der Waals surface area contributed by atoms with Crippen LogP contribution in [0.5, 0.6) is 5.75 Å². The molecule has 0 saturated carbocycles. The molecule has 1 aromatic carbocycles. The summed E-state index contributed by atoms with van der Waals surface area (Å²) in [5.41, 5.74) is 0.823. The monoisotopic (exact) mass is 280 g/mol. The molecule has 2 atom stereocenters. The summed E-state index contributed by atoms with van der Waals surface area (Å²) in [5, 5.41) is 14.3. The first-order valence-corrected chi connectivity index (χ1v) is 6.91. The second kappa shape index (κ2) is 6.56. The quantitative estimate of drug-likeness (QED) is 0.640. The minimum Gasteiger partial charge on any atom is -0.487 e. The number of nitro groups is 1. The van der Waals surface area contributed by atoms with Gasteiger partial charge >= 0.3 is 5.69 Å². The summed E-state index contributed by atoms with van der Waals surface area (Å²) in [6.07, 6.45) is 1.89. The summed E-state index contributed by atoms with van der Waals surface area (Å²) in [6, 6.07) is 5.12. The van der Waals surface area contributed by atoms with Crippen LogP contribution < -0.4 is 10.1 Å². The van der Waals surface area contributed by atoms with Gasteiger partial charge in [0.05, 0.1) is 23.7 Å². The van der Waals surface area contributed by atoms with Gasteiger partial charge in [-0.25, -0.2) is 0 Å². The van der Waals surface area contributed by atoms with Gasteiger partial charge in [-0.2, -0.15) is 0 Å². The van der Waals surface area contributed by atoms with E-state index in [1.54, 1.807) is 12.1 Å². The van der Waals surface area contributed by atoms with Crippen LogP contribution in [0.3, 0.4) is 0 Å². The van der Waals surface area contributed by atoms with E-state index >= 15 is 0 Å². The second-order valence-corrected chi connectivity index (χ2v) is 4.90. The van der Waals surface area contributed by atoms with E-state index in [9.17, 15) is 10.1 Å². The van der Waals surface area contributed by atoms with Crippen molar-refractivity contribution in [2.45, 2.75) is 38.8 Å². The molecule has 1 fully saturated rings. The summed E-state index contributed by atoms with van der Waals surface area (Å²) in [6.45, 7) is 5.19. The normalized spacial score (nSPS) is 21.7. The molecule has 2 unspecified atom stereocenters. The maximum absolute atomic E-state index is 11.0. The molecule has 0 bridgehead atoms. The first-order chi connectivity index (χ1) is 9.61. The van der Waals surface area contributed by atoms with Crippen LogP contribution in [0, 0.1) is 10.1 Å². The highest BCUT2D eigenvalue weighted by molar-refractivity contribution is 5.58. The zero-order chi connectivity index (χ0) is 14.5. The van der Waals surface area contributed by atoms with E-state index in [0.29, 0.717) is 12.4 Å². The van der Waals surface area contributed by atoms with Gasteiger partial charge in [-0.1, -0.05) is 6.92 Å².